The summed E-state index contributed by atoms with van der Waals surface area (Å²) in [7, 11) is 2.04. The van der Waals surface area contributed by atoms with Crippen molar-refractivity contribution in [3.8, 4) is 11.5 Å². The summed E-state index contributed by atoms with van der Waals surface area (Å²) in [6.45, 7) is 3.90. The molecule has 392 valence electrons. The first-order valence-electron chi connectivity index (χ1n) is 25.2. The molecule has 19 heteroatoms. The van der Waals surface area contributed by atoms with Crippen LogP contribution >= 0.6 is 0 Å². The van der Waals surface area contributed by atoms with Crippen LogP contribution in [0.25, 0.3) is 11.1 Å². The van der Waals surface area contributed by atoms with Crippen LogP contribution in [0.5, 0.6) is 11.5 Å². The van der Waals surface area contributed by atoms with Gasteiger partial charge in [0, 0.05) is 78.2 Å². The standard InChI is InChI=1S/C29H32F3N3O3.C26H27F3N4O3/c1-35(22-7-3-2-4-8-22)25-14-19-9-11-21(17-24(19)34-28(25)37)33-27(36)15-18-6-5-13-38-26-16-20(29(30,31)32)10-12-23(18)26;27-26(28,29)18-4-6-20-16(2-1-11-36-23(20)14-18)13-24(34)31-19-5-3-17-12-22(25(35)32-21(17)15-19)33-9-7-30-8-10-33/h9-12,15-17,22,25H,2-8,13-14H2,1H3,(H,33,36)(H,34,37);3-6,13-15,22,30H,1-2,7-12H2,(H,31,34)(H,32,35)/b18-15+;16-13+. The third kappa shape index (κ3) is 12.4. The minimum atomic E-state index is -4.47. The maximum Gasteiger partial charge on any atom is 0.416 e. The monoisotopic (exact) mass is 1030 g/mol. The number of carbonyl (C=O) groups is 4. The number of hydrogen-bond donors (Lipinski definition) is 5. The van der Waals surface area contributed by atoms with Gasteiger partial charge in [-0.05, 0) is 129 Å². The number of nitrogens with one attached hydrogen (secondary N) is 5. The number of alkyl halides is 6. The largest absolute Gasteiger partial charge is 0.493 e. The van der Waals surface area contributed by atoms with Crippen LogP contribution < -0.4 is 36.1 Å². The fraction of sp³-hybridized carbons (Fsp3) is 0.418. The second kappa shape index (κ2) is 22.4. The fourth-order valence-corrected chi connectivity index (χ4v) is 10.6. The van der Waals surface area contributed by atoms with Gasteiger partial charge in [-0.25, -0.2) is 0 Å². The molecule has 0 spiro atoms. The molecule has 2 fully saturated rings. The number of anilines is 4. The van der Waals surface area contributed by atoms with E-state index in [0.29, 0.717) is 89.6 Å². The van der Waals surface area contributed by atoms with Crippen molar-refractivity contribution in [1.82, 2.24) is 15.1 Å². The van der Waals surface area contributed by atoms with E-state index < -0.39 is 35.3 Å². The number of allylic oxidation sites excluding steroid dienone is 2. The number of halogens is 6. The second-order valence-electron chi connectivity index (χ2n) is 19.5. The molecule has 2 unspecified atom stereocenters. The van der Waals surface area contributed by atoms with Crippen molar-refractivity contribution in [1.29, 1.82) is 0 Å². The van der Waals surface area contributed by atoms with Gasteiger partial charge in [-0.2, -0.15) is 26.3 Å². The van der Waals surface area contributed by atoms with E-state index in [1.165, 1.54) is 43.5 Å². The van der Waals surface area contributed by atoms with Gasteiger partial charge >= 0.3 is 12.4 Å². The van der Waals surface area contributed by atoms with Crippen LogP contribution in [0.4, 0.5) is 49.1 Å². The molecule has 13 nitrogen and oxygen atoms in total. The van der Waals surface area contributed by atoms with E-state index in [0.717, 1.165) is 74.4 Å². The van der Waals surface area contributed by atoms with Crippen molar-refractivity contribution in [2.75, 3.05) is 67.7 Å². The van der Waals surface area contributed by atoms with Gasteiger partial charge in [0.2, 0.25) is 23.6 Å². The molecule has 4 amide bonds. The first kappa shape index (κ1) is 52.2. The average molecular weight is 1030 g/mol. The first-order valence-corrected chi connectivity index (χ1v) is 25.2. The summed E-state index contributed by atoms with van der Waals surface area (Å²) in [5.74, 6) is -0.645. The summed E-state index contributed by atoms with van der Waals surface area (Å²) in [5.41, 5.74) is 5.04. The molecule has 1 aliphatic carbocycles. The van der Waals surface area contributed by atoms with E-state index in [-0.39, 0.29) is 48.6 Å². The van der Waals surface area contributed by atoms with Gasteiger partial charge in [0.1, 0.15) is 11.5 Å². The van der Waals surface area contributed by atoms with Crippen molar-refractivity contribution in [3.05, 3.63) is 118 Å². The summed E-state index contributed by atoms with van der Waals surface area (Å²) >= 11 is 0. The van der Waals surface area contributed by atoms with Crippen molar-refractivity contribution in [3.63, 3.8) is 0 Å². The summed E-state index contributed by atoms with van der Waals surface area (Å²) < 4.78 is 89.8. The van der Waals surface area contributed by atoms with Crippen LogP contribution in [0, 0.1) is 0 Å². The highest BCUT2D eigenvalue weighted by molar-refractivity contribution is 6.06. The van der Waals surface area contributed by atoms with Gasteiger partial charge in [0.25, 0.3) is 0 Å². The Balaban J connectivity index is 0.000000182. The molecule has 4 aromatic rings. The smallest absolute Gasteiger partial charge is 0.416 e. The summed E-state index contributed by atoms with van der Waals surface area (Å²) in [6, 6.07) is 17.6. The highest BCUT2D eigenvalue weighted by Crippen LogP contribution is 2.40. The van der Waals surface area contributed by atoms with Crippen molar-refractivity contribution < 1.29 is 55.0 Å². The lowest BCUT2D eigenvalue weighted by atomic mass is 9.91. The van der Waals surface area contributed by atoms with Gasteiger partial charge < -0.3 is 36.1 Å². The quantitative estimate of drug-likeness (QED) is 0.0900. The number of ether oxygens (including phenoxy) is 2. The van der Waals surface area contributed by atoms with Crippen LogP contribution in [0.2, 0.25) is 0 Å². The Bertz CT molecular complexity index is 2840. The number of likely N-dealkylation sites (N-methyl/N-ethyl adjacent to an activating group) is 1. The highest BCUT2D eigenvalue weighted by atomic mass is 19.4. The number of fused-ring (bicyclic) bond motifs is 4. The lowest BCUT2D eigenvalue weighted by Gasteiger charge is -2.38. The molecule has 4 aromatic carbocycles. The van der Waals surface area contributed by atoms with Crippen LogP contribution in [-0.4, -0.2) is 98.0 Å². The van der Waals surface area contributed by atoms with Gasteiger partial charge in [0.05, 0.1) is 36.4 Å². The molecular weight excluding hydrogens is 969 g/mol. The molecule has 0 bridgehead atoms. The Labute approximate surface area is 425 Å². The Morgan fingerprint density at radius 3 is 1.66 bits per heavy atom. The topological polar surface area (TPSA) is 153 Å². The van der Waals surface area contributed by atoms with Gasteiger partial charge in [-0.3, -0.25) is 29.0 Å². The number of piperazine rings is 1. The summed E-state index contributed by atoms with van der Waals surface area (Å²) in [6.07, 6.45) is 3.14. The van der Waals surface area contributed by atoms with Crippen molar-refractivity contribution >= 4 is 57.5 Å². The molecule has 2 atom stereocenters. The molecular formula is C55H59F6N7O6. The molecule has 1 saturated carbocycles. The van der Waals surface area contributed by atoms with E-state index in [4.69, 9.17) is 9.47 Å². The Hall–Kier alpha value is -6.70. The molecule has 1 saturated heterocycles. The van der Waals surface area contributed by atoms with E-state index in [9.17, 15) is 45.5 Å². The normalized spacial score (nSPS) is 21.4. The van der Waals surface area contributed by atoms with Gasteiger partial charge in [-0.1, -0.05) is 43.5 Å². The predicted molar refractivity (Wildman–Crippen MR) is 270 cm³/mol. The summed E-state index contributed by atoms with van der Waals surface area (Å²) in [4.78, 5) is 55.8. The zero-order chi connectivity index (χ0) is 52.1. The number of nitrogens with zero attached hydrogens (tertiary/aromatic N) is 2. The fourth-order valence-electron chi connectivity index (χ4n) is 10.6. The number of hydrogen-bond acceptors (Lipinski definition) is 9. The molecule has 5 N–H and O–H groups in total. The van der Waals surface area contributed by atoms with E-state index in [1.54, 1.807) is 18.2 Å². The highest BCUT2D eigenvalue weighted by Gasteiger charge is 2.36. The average Bonchev–Trinajstić information content (AvgIpc) is 3.71. The van der Waals surface area contributed by atoms with Crippen molar-refractivity contribution in [2.24, 2.45) is 0 Å². The maximum atomic E-state index is 13.1. The predicted octanol–water partition coefficient (Wildman–Crippen LogP) is 9.70. The van der Waals surface area contributed by atoms with E-state index >= 15 is 0 Å². The molecule has 0 radical (unpaired) electrons. The Morgan fingerprint density at radius 1 is 0.649 bits per heavy atom. The van der Waals surface area contributed by atoms with E-state index in [2.05, 4.69) is 36.4 Å². The number of amides is 4. The van der Waals surface area contributed by atoms with Gasteiger partial charge in [-0.15, -0.1) is 0 Å². The molecule has 74 heavy (non-hydrogen) atoms. The Morgan fingerprint density at radius 2 is 1.15 bits per heavy atom. The third-order valence-electron chi connectivity index (χ3n) is 14.6. The zero-order valence-corrected chi connectivity index (χ0v) is 40.9. The van der Waals surface area contributed by atoms with Crippen LogP contribution in [0.3, 0.4) is 0 Å². The van der Waals surface area contributed by atoms with Crippen LogP contribution in [0.15, 0.2) is 84.9 Å². The maximum absolute atomic E-state index is 13.1. The third-order valence-corrected chi connectivity index (χ3v) is 14.6. The molecule has 10 rings (SSSR count). The van der Waals surface area contributed by atoms with Crippen LogP contribution in [0.1, 0.15) is 91.2 Å². The van der Waals surface area contributed by atoms with Gasteiger partial charge in [0.15, 0.2) is 0 Å². The molecule has 0 aromatic heterocycles. The SMILES string of the molecule is CN(C1CCCCC1)C1Cc2ccc(NC(=O)/C=C3\CCCOc4cc(C(F)(F)F)ccc43)cc2NC1=O.O=C(/C=C1\CCCOc2cc(C(F)(F)F)ccc21)Nc1ccc2c(c1)NC(=O)C(N1CCNCC1)C2. The van der Waals surface area contributed by atoms with E-state index in [1.807, 2.05) is 25.2 Å². The minimum Gasteiger partial charge on any atom is -0.493 e. The second-order valence-corrected chi connectivity index (χ2v) is 19.5. The lowest BCUT2D eigenvalue weighted by molar-refractivity contribution is -0.138. The molecule has 5 aliphatic heterocycles. The number of rotatable bonds is 7. The lowest BCUT2D eigenvalue weighted by Crippen LogP contribution is -2.54. The zero-order valence-electron chi connectivity index (χ0n) is 40.9. The van der Waals surface area contributed by atoms with Crippen molar-refractivity contribution in [2.45, 2.75) is 101 Å². The number of carbonyl (C=O) groups excluding carboxylic acids is 4. The summed E-state index contributed by atoms with van der Waals surface area (Å²) in [5, 5.41) is 14.9. The minimum absolute atomic E-state index is 0.0375. The van der Waals surface area contributed by atoms with Crippen LogP contribution in [-0.2, 0) is 44.4 Å². The Kier molecular flexibility index (Phi) is 15.8. The first-order chi connectivity index (χ1) is 35.5. The molecule has 6 aliphatic rings. The molecule has 5 heterocycles. The number of benzene rings is 4.